The van der Waals surface area contributed by atoms with E-state index in [1.54, 1.807) is 7.11 Å². The van der Waals surface area contributed by atoms with E-state index in [-0.39, 0.29) is 0 Å². The summed E-state index contributed by atoms with van der Waals surface area (Å²) in [5, 5.41) is 0. The molecule has 1 atom stereocenters. The lowest BCUT2D eigenvalue weighted by molar-refractivity contribution is 0.293. The minimum atomic E-state index is 0.681. The van der Waals surface area contributed by atoms with E-state index in [9.17, 15) is 0 Å². The highest BCUT2D eigenvalue weighted by Gasteiger charge is 2.16. The zero-order chi connectivity index (χ0) is 12.7. The molecule has 1 unspecified atom stereocenters. The van der Waals surface area contributed by atoms with Crippen LogP contribution in [0.2, 0.25) is 0 Å². The second kappa shape index (κ2) is 7.54. The first-order chi connectivity index (χ1) is 7.38. The van der Waals surface area contributed by atoms with E-state index >= 15 is 0 Å². The summed E-state index contributed by atoms with van der Waals surface area (Å²) in [6.45, 7) is 13.4. The lowest BCUT2D eigenvalue weighted by Gasteiger charge is -2.23. The Bertz CT molecular complexity index is 246. The molecule has 0 N–H and O–H groups in total. The van der Waals surface area contributed by atoms with Crippen molar-refractivity contribution in [2.45, 2.75) is 48.0 Å². The van der Waals surface area contributed by atoms with Crippen LogP contribution in [0, 0.1) is 17.8 Å². The van der Waals surface area contributed by atoms with Crippen molar-refractivity contribution in [2.24, 2.45) is 17.8 Å². The molecule has 0 saturated heterocycles. The van der Waals surface area contributed by atoms with Crippen LogP contribution in [0.25, 0.3) is 0 Å². The molecule has 0 aromatic heterocycles. The number of methoxy groups -OCH3 is 1. The third-order valence-corrected chi connectivity index (χ3v) is 3.02. The fourth-order valence-electron chi connectivity index (χ4n) is 1.93. The lowest BCUT2D eigenvalue weighted by atomic mass is 9.82. The van der Waals surface area contributed by atoms with Gasteiger partial charge in [-0.15, -0.1) is 0 Å². The molecule has 0 aliphatic heterocycles. The maximum atomic E-state index is 5.14. The van der Waals surface area contributed by atoms with Crippen LogP contribution in [-0.2, 0) is 4.74 Å². The van der Waals surface area contributed by atoms with Gasteiger partial charge in [-0.3, -0.25) is 0 Å². The van der Waals surface area contributed by atoms with Crippen molar-refractivity contribution in [1.82, 2.24) is 0 Å². The van der Waals surface area contributed by atoms with Crippen LogP contribution in [0.15, 0.2) is 23.5 Å². The van der Waals surface area contributed by atoms with E-state index in [0.717, 1.165) is 11.7 Å². The van der Waals surface area contributed by atoms with Gasteiger partial charge in [0.1, 0.15) is 0 Å². The maximum absolute atomic E-state index is 5.14. The molecule has 0 saturated carbocycles. The Labute approximate surface area is 102 Å². The molecule has 0 aliphatic rings. The first-order valence-corrected chi connectivity index (χ1v) is 6.27. The summed E-state index contributed by atoms with van der Waals surface area (Å²) in [5.74, 6) is 3.10. The smallest absolute Gasteiger partial charge is 0.0924 e. The first-order valence-electron chi connectivity index (χ1n) is 6.27. The van der Waals surface area contributed by atoms with Crippen LogP contribution in [0.3, 0.4) is 0 Å². The van der Waals surface area contributed by atoms with E-state index in [1.165, 1.54) is 12.0 Å². The van der Waals surface area contributed by atoms with Gasteiger partial charge in [-0.1, -0.05) is 39.3 Å². The summed E-state index contributed by atoms with van der Waals surface area (Å²) in [6, 6.07) is 0. The van der Waals surface area contributed by atoms with Gasteiger partial charge in [0, 0.05) is 0 Å². The van der Waals surface area contributed by atoms with E-state index < -0.39 is 0 Å². The molecule has 94 valence electrons. The van der Waals surface area contributed by atoms with Crippen molar-refractivity contribution in [2.75, 3.05) is 7.11 Å². The third kappa shape index (κ3) is 5.99. The number of hydrogen-bond acceptors (Lipinski definition) is 1. The SMILES string of the molecule is COC(C)=CC=C(C)C(CC(C)C)C(C)C. The number of ether oxygens (including phenoxy) is 1. The van der Waals surface area contributed by atoms with E-state index in [2.05, 4.69) is 46.8 Å². The van der Waals surface area contributed by atoms with Crippen molar-refractivity contribution < 1.29 is 4.74 Å². The van der Waals surface area contributed by atoms with Crippen molar-refractivity contribution in [3.8, 4) is 0 Å². The number of hydrogen-bond donors (Lipinski definition) is 0. The van der Waals surface area contributed by atoms with Gasteiger partial charge in [-0.2, -0.15) is 0 Å². The van der Waals surface area contributed by atoms with Crippen LogP contribution in [-0.4, -0.2) is 7.11 Å². The highest BCUT2D eigenvalue weighted by molar-refractivity contribution is 5.15. The molecule has 1 nitrogen and oxygen atoms in total. The van der Waals surface area contributed by atoms with Gasteiger partial charge in [0.05, 0.1) is 12.9 Å². The van der Waals surface area contributed by atoms with Crippen molar-refractivity contribution in [1.29, 1.82) is 0 Å². The zero-order valence-electron chi connectivity index (χ0n) is 12.0. The van der Waals surface area contributed by atoms with Crippen LogP contribution < -0.4 is 0 Å². The van der Waals surface area contributed by atoms with Crippen molar-refractivity contribution in [3.63, 3.8) is 0 Å². The Hall–Kier alpha value is -0.720. The molecule has 0 rings (SSSR count). The normalized spacial score (nSPS) is 15.8. The fourth-order valence-corrected chi connectivity index (χ4v) is 1.93. The Balaban J connectivity index is 4.67. The molecule has 0 spiro atoms. The first kappa shape index (κ1) is 15.3. The second-order valence-corrected chi connectivity index (χ2v) is 5.37. The van der Waals surface area contributed by atoms with Crippen LogP contribution in [0.5, 0.6) is 0 Å². The van der Waals surface area contributed by atoms with Crippen molar-refractivity contribution >= 4 is 0 Å². The molecular weight excluding hydrogens is 196 g/mol. The van der Waals surface area contributed by atoms with Crippen LogP contribution in [0.1, 0.15) is 48.0 Å². The van der Waals surface area contributed by atoms with Crippen LogP contribution in [0.4, 0.5) is 0 Å². The standard InChI is InChI=1S/C15H28O/c1-11(2)10-15(12(3)4)13(5)8-9-14(6)16-7/h8-9,11-12,15H,10H2,1-7H3. The molecule has 0 heterocycles. The minimum absolute atomic E-state index is 0.681. The Morgan fingerprint density at radius 2 is 1.62 bits per heavy atom. The monoisotopic (exact) mass is 224 g/mol. The highest BCUT2D eigenvalue weighted by atomic mass is 16.5. The van der Waals surface area contributed by atoms with Gasteiger partial charge in [-0.25, -0.2) is 0 Å². The molecule has 0 radical (unpaired) electrons. The summed E-state index contributed by atoms with van der Waals surface area (Å²) < 4.78 is 5.14. The molecule has 0 aliphatic carbocycles. The Morgan fingerprint density at radius 3 is 2.00 bits per heavy atom. The molecule has 16 heavy (non-hydrogen) atoms. The number of allylic oxidation sites excluding steroid dienone is 4. The van der Waals surface area contributed by atoms with Gasteiger partial charge in [0.2, 0.25) is 0 Å². The summed E-state index contributed by atoms with van der Waals surface area (Å²) in [7, 11) is 1.71. The summed E-state index contributed by atoms with van der Waals surface area (Å²) >= 11 is 0. The Morgan fingerprint density at radius 1 is 1.06 bits per heavy atom. The average molecular weight is 224 g/mol. The quantitative estimate of drug-likeness (QED) is 0.465. The minimum Gasteiger partial charge on any atom is -0.501 e. The molecule has 0 fully saturated rings. The van der Waals surface area contributed by atoms with Gasteiger partial charge in [0.15, 0.2) is 0 Å². The van der Waals surface area contributed by atoms with Crippen molar-refractivity contribution in [3.05, 3.63) is 23.5 Å². The second-order valence-electron chi connectivity index (χ2n) is 5.37. The molecule has 1 heteroatoms. The summed E-state index contributed by atoms with van der Waals surface area (Å²) in [4.78, 5) is 0. The summed E-state index contributed by atoms with van der Waals surface area (Å²) in [5.41, 5.74) is 1.46. The van der Waals surface area contributed by atoms with E-state index in [4.69, 9.17) is 4.74 Å². The van der Waals surface area contributed by atoms with Gasteiger partial charge < -0.3 is 4.74 Å². The fraction of sp³-hybridized carbons (Fsp3) is 0.733. The van der Waals surface area contributed by atoms with Gasteiger partial charge in [-0.05, 0) is 44.1 Å². The van der Waals surface area contributed by atoms with E-state index in [0.29, 0.717) is 11.8 Å². The molecule has 0 bridgehead atoms. The topological polar surface area (TPSA) is 9.23 Å². The zero-order valence-corrected chi connectivity index (χ0v) is 12.0. The largest absolute Gasteiger partial charge is 0.501 e. The van der Waals surface area contributed by atoms with E-state index in [1.807, 2.05) is 6.92 Å². The average Bonchev–Trinajstić information content (AvgIpc) is 2.21. The molecular formula is C15H28O. The lowest BCUT2D eigenvalue weighted by Crippen LogP contribution is -2.13. The predicted octanol–water partition coefficient (Wildman–Crippen LogP) is 4.80. The summed E-state index contributed by atoms with van der Waals surface area (Å²) in [6.07, 6.45) is 5.52. The van der Waals surface area contributed by atoms with Crippen LogP contribution >= 0.6 is 0 Å². The molecule has 0 aromatic carbocycles. The molecule has 0 aromatic rings. The maximum Gasteiger partial charge on any atom is 0.0924 e. The highest BCUT2D eigenvalue weighted by Crippen LogP contribution is 2.27. The molecule has 0 amide bonds. The number of rotatable bonds is 6. The Kier molecular flexibility index (Phi) is 7.20. The van der Waals surface area contributed by atoms with Gasteiger partial charge in [0.25, 0.3) is 0 Å². The van der Waals surface area contributed by atoms with Gasteiger partial charge >= 0.3 is 0 Å². The predicted molar refractivity (Wildman–Crippen MR) is 72.3 cm³/mol. The third-order valence-electron chi connectivity index (χ3n) is 3.02.